The average molecular weight is 336 g/mol. The first-order valence-electron chi connectivity index (χ1n) is 7.00. The number of carbonyl (C=O) groups is 1. The van der Waals surface area contributed by atoms with Crippen LogP contribution in [0.4, 0.5) is 13.2 Å². The smallest absolute Gasteiger partial charge is 0.367 e. The Bertz CT molecular complexity index is 715. The molecular weight excluding hydrogens is 321 g/mol. The average Bonchev–Trinajstić information content (AvgIpc) is 2.56. The molecule has 0 aliphatic rings. The first-order valence-corrected chi connectivity index (χ1v) is 7.00. The van der Waals surface area contributed by atoms with Crippen molar-refractivity contribution in [2.24, 2.45) is 5.10 Å². The van der Waals surface area contributed by atoms with Gasteiger partial charge in [0.05, 0.1) is 11.8 Å². The van der Waals surface area contributed by atoms with Gasteiger partial charge in [0.1, 0.15) is 0 Å². The van der Waals surface area contributed by atoms with Gasteiger partial charge in [-0.05, 0) is 11.6 Å². The Balaban J connectivity index is 2.10. The van der Waals surface area contributed by atoms with Crippen LogP contribution in [-0.4, -0.2) is 19.2 Å². The zero-order chi connectivity index (χ0) is 17.6. The summed E-state index contributed by atoms with van der Waals surface area (Å²) in [5.74, 6) is -0.579. The lowest BCUT2D eigenvalue weighted by atomic mass is 10.1. The van der Waals surface area contributed by atoms with Crippen LogP contribution in [0.2, 0.25) is 0 Å². The van der Waals surface area contributed by atoms with Crippen LogP contribution in [0.1, 0.15) is 22.8 Å². The van der Waals surface area contributed by atoms with Crippen molar-refractivity contribution in [3.8, 4) is 0 Å². The van der Waals surface area contributed by atoms with E-state index in [0.717, 1.165) is 12.3 Å². The number of alkyl halides is 3. The molecule has 2 aromatic rings. The van der Waals surface area contributed by atoms with Gasteiger partial charge in [0.2, 0.25) is 0 Å². The zero-order valence-electron chi connectivity index (χ0n) is 12.7. The van der Waals surface area contributed by atoms with E-state index in [2.05, 4.69) is 10.5 Å². The summed E-state index contributed by atoms with van der Waals surface area (Å²) in [6.07, 6.45) is -4.44. The lowest BCUT2D eigenvalue weighted by Crippen LogP contribution is -2.26. The molecule has 1 unspecified atom stereocenters. The van der Waals surface area contributed by atoms with Gasteiger partial charge in [0.15, 0.2) is 6.10 Å². The Morgan fingerprint density at radius 1 is 1.12 bits per heavy atom. The number of carbonyl (C=O) groups excluding carboxylic acids is 1. The molecule has 1 N–H and O–H groups in total. The van der Waals surface area contributed by atoms with Crippen molar-refractivity contribution in [3.63, 3.8) is 0 Å². The van der Waals surface area contributed by atoms with Crippen molar-refractivity contribution >= 4 is 12.1 Å². The fraction of sp³-hybridized carbons (Fsp3) is 0.176. The van der Waals surface area contributed by atoms with Crippen molar-refractivity contribution in [1.29, 1.82) is 0 Å². The van der Waals surface area contributed by atoms with Gasteiger partial charge in [-0.25, -0.2) is 5.43 Å². The number of hydrazone groups is 1. The molecule has 7 heteroatoms. The molecule has 0 aliphatic heterocycles. The molecule has 0 saturated heterocycles. The highest BCUT2D eigenvalue weighted by molar-refractivity contribution is 5.86. The van der Waals surface area contributed by atoms with E-state index in [4.69, 9.17) is 4.74 Å². The zero-order valence-corrected chi connectivity index (χ0v) is 12.7. The van der Waals surface area contributed by atoms with Gasteiger partial charge < -0.3 is 4.74 Å². The highest BCUT2D eigenvalue weighted by Crippen LogP contribution is 2.31. The van der Waals surface area contributed by atoms with E-state index >= 15 is 0 Å². The van der Waals surface area contributed by atoms with Crippen LogP contribution in [0.5, 0.6) is 0 Å². The summed E-state index contributed by atoms with van der Waals surface area (Å²) < 4.78 is 43.7. The van der Waals surface area contributed by atoms with E-state index in [1.807, 2.05) is 0 Å². The van der Waals surface area contributed by atoms with Gasteiger partial charge in [-0.15, -0.1) is 0 Å². The van der Waals surface area contributed by atoms with Crippen molar-refractivity contribution in [2.75, 3.05) is 7.11 Å². The first kappa shape index (κ1) is 17.7. The van der Waals surface area contributed by atoms with Gasteiger partial charge in [-0.2, -0.15) is 18.3 Å². The molecule has 4 nitrogen and oxygen atoms in total. The topological polar surface area (TPSA) is 50.7 Å². The fourth-order valence-corrected chi connectivity index (χ4v) is 2.11. The number of amides is 1. The van der Waals surface area contributed by atoms with Crippen LogP contribution in [0.15, 0.2) is 59.7 Å². The monoisotopic (exact) mass is 336 g/mol. The molecule has 0 fully saturated rings. The number of nitrogens with zero attached hydrogens (tertiary/aromatic N) is 1. The van der Waals surface area contributed by atoms with Crippen LogP contribution in [-0.2, 0) is 15.7 Å². The summed E-state index contributed by atoms with van der Waals surface area (Å²) in [4.78, 5) is 12.1. The molecule has 0 bridgehead atoms. The van der Waals surface area contributed by atoms with Crippen LogP contribution in [0.25, 0.3) is 0 Å². The summed E-state index contributed by atoms with van der Waals surface area (Å²) in [5.41, 5.74) is 1.85. The molecule has 2 rings (SSSR count). The van der Waals surface area contributed by atoms with Gasteiger partial charge in [-0.1, -0.05) is 48.5 Å². The molecule has 0 spiro atoms. The van der Waals surface area contributed by atoms with Crippen LogP contribution in [0, 0.1) is 0 Å². The van der Waals surface area contributed by atoms with Crippen LogP contribution >= 0.6 is 0 Å². The van der Waals surface area contributed by atoms with Crippen LogP contribution < -0.4 is 5.43 Å². The first-order chi connectivity index (χ1) is 11.4. The van der Waals surface area contributed by atoms with Crippen molar-refractivity contribution in [3.05, 3.63) is 71.3 Å². The van der Waals surface area contributed by atoms with E-state index in [0.29, 0.717) is 5.56 Å². The molecule has 0 aromatic heterocycles. The number of halogens is 3. The molecule has 0 saturated carbocycles. The maximum absolute atomic E-state index is 12.9. The number of ether oxygens (including phenoxy) is 1. The van der Waals surface area contributed by atoms with E-state index in [1.165, 1.54) is 25.3 Å². The summed E-state index contributed by atoms with van der Waals surface area (Å²) in [5, 5.41) is 3.61. The second-order valence-electron chi connectivity index (χ2n) is 4.85. The second-order valence-corrected chi connectivity index (χ2v) is 4.85. The quantitative estimate of drug-likeness (QED) is 0.671. The van der Waals surface area contributed by atoms with E-state index in [9.17, 15) is 18.0 Å². The predicted octanol–water partition coefficient (Wildman–Crippen LogP) is 3.54. The van der Waals surface area contributed by atoms with E-state index < -0.39 is 23.8 Å². The Morgan fingerprint density at radius 2 is 1.75 bits per heavy atom. The van der Waals surface area contributed by atoms with Gasteiger partial charge >= 0.3 is 6.18 Å². The lowest BCUT2D eigenvalue weighted by molar-refractivity contribution is -0.137. The summed E-state index contributed by atoms with van der Waals surface area (Å²) in [7, 11) is 1.36. The highest BCUT2D eigenvalue weighted by atomic mass is 19.4. The van der Waals surface area contributed by atoms with Crippen molar-refractivity contribution in [2.45, 2.75) is 12.3 Å². The number of methoxy groups -OCH3 is 1. The number of hydrogen-bond donors (Lipinski definition) is 1. The largest absolute Gasteiger partial charge is 0.417 e. The fourth-order valence-electron chi connectivity index (χ4n) is 2.11. The van der Waals surface area contributed by atoms with E-state index in [-0.39, 0.29) is 5.56 Å². The maximum atomic E-state index is 12.9. The molecule has 0 heterocycles. The van der Waals surface area contributed by atoms with Gasteiger partial charge in [0.25, 0.3) is 5.91 Å². The Morgan fingerprint density at radius 3 is 2.38 bits per heavy atom. The summed E-state index contributed by atoms with van der Waals surface area (Å²) >= 11 is 0. The Hall–Kier alpha value is -2.67. The molecular formula is C17H15F3N2O2. The summed E-state index contributed by atoms with van der Waals surface area (Å²) in [6, 6.07) is 13.7. The standard InChI is InChI=1S/C17H15F3N2O2/c1-24-15(12-7-3-2-4-8-12)16(23)22-21-11-13-9-5-6-10-14(13)17(18,19)20/h2-11,15H,1H3,(H,22,23). The van der Waals surface area contributed by atoms with Gasteiger partial charge in [-0.3, -0.25) is 4.79 Å². The molecule has 1 atom stereocenters. The number of benzene rings is 2. The van der Waals surface area contributed by atoms with Crippen LogP contribution in [0.3, 0.4) is 0 Å². The van der Waals surface area contributed by atoms with Crippen molar-refractivity contribution < 1.29 is 22.7 Å². The van der Waals surface area contributed by atoms with E-state index in [1.54, 1.807) is 30.3 Å². The van der Waals surface area contributed by atoms with Gasteiger partial charge in [0, 0.05) is 12.7 Å². The Labute approximate surface area is 137 Å². The molecule has 0 aliphatic carbocycles. The highest BCUT2D eigenvalue weighted by Gasteiger charge is 2.32. The maximum Gasteiger partial charge on any atom is 0.417 e. The third kappa shape index (κ3) is 4.42. The third-order valence-electron chi connectivity index (χ3n) is 3.22. The predicted molar refractivity (Wildman–Crippen MR) is 83.4 cm³/mol. The minimum Gasteiger partial charge on any atom is -0.367 e. The second kappa shape index (κ2) is 7.74. The third-order valence-corrected chi connectivity index (χ3v) is 3.22. The molecule has 24 heavy (non-hydrogen) atoms. The SMILES string of the molecule is COC(C(=O)NN=Cc1ccccc1C(F)(F)F)c1ccccc1. The van der Waals surface area contributed by atoms with Crippen molar-refractivity contribution in [1.82, 2.24) is 5.43 Å². The summed E-state index contributed by atoms with van der Waals surface area (Å²) in [6.45, 7) is 0. The number of hydrogen-bond acceptors (Lipinski definition) is 3. The minimum atomic E-state index is -4.49. The number of nitrogens with one attached hydrogen (secondary N) is 1. The molecule has 0 radical (unpaired) electrons. The lowest BCUT2D eigenvalue weighted by Gasteiger charge is -2.13. The molecule has 1 amide bonds. The minimum absolute atomic E-state index is 0.140. The Kier molecular flexibility index (Phi) is 5.70. The molecule has 2 aromatic carbocycles. The molecule has 126 valence electrons. The normalized spacial score (nSPS) is 13.0. The number of rotatable bonds is 5.